The van der Waals surface area contributed by atoms with Crippen LogP contribution in [0.15, 0.2) is 18.2 Å². The fourth-order valence-corrected chi connectivity index (χ4v) is 3.48. The highest BCUT2D eigenvalue weighted by Crippen LogP contribution is 2.45. The molecule has 0 N–H and O–H groups in total. The molecular formula is C17H20ClFO3. The Morgan fingerprint density at radius 1 is 1.45 bits per heavy atom. The minimum absolute atomic E-state index is 0.0183. The van der Waals surface area contributed by atoms with E-state index < -0.39 is 17.2 Å². The van der Waals surface area contributed by atoms with E-state index in [2.05, 4.69) is 0 Å². The van der Waals surface area contributed by atoms with Crippen molar-refractivity contribution in [2.75, 3.05) is 13.2 Å². The van der Waals surface area contributed by atoms with E-state index in [1.54, 1.807) is 26.0 Å². The molecule has 0 amide bonds. The first-order valence-electron chi connectivity index (χ1n) is 7.57. The Kier molecular flexibility index (Phi) is 3.94. The summed E-state index contributed by atoms with van der Waals surface area (Å²) in [5, 5.41) is 0.0183. The van der Waals surface area contributed by atoms with Gasteiger partial charge in [-0.2, -0.15) is 0 Å². The van der Waals surface area contributed by atoms with Crippen LogP contribution in [0, 0.1) is 11.2 Å². The number of hydrogen-bond acceptors (Lipinski definition) is 3. The quantitative estimate of drug-likeness (QED) is 0.791. The standard InChI is InChI=1S/C17H20ClFO3/c1-16(2,12-4-3-5-13(18)14(12)19)15(20)22-11-6-7-17(8-11)9-21-10-17/h3-5,11H,6-10H2,1-2H3. The molecule has 1 aliphatic carbocycles. The van der Waals surface area contributed by atoms with E-state index in [-0.39, 0.29) is 22.1 Å². The molecule has 0 radical (unpaired) electrons. The van der Waals surface area contributed by atoms with Crippen molar-refractivity contribution >= 4 is 17.6 Å². The molecule has 0 aromatic heterocycles. The summed E-state index contributed by atoms with van der Waals surface area (Å²) in [5.41, 5.74) is -0.596. The zero-order valence-corrected chi connectivity index (χ0v) is 13.6. The third-order valence-corrected chi connectivity index (χ3v) is 5.17. The molecule has 1 saturated carbocycles. The lowest BCUT2D eigenvalue weighted by molar-refractivity contribution is -0.157. The van der Waals surface area contributed by atoms with Crippen molar-refractivity contribution in [1.29, 1.82) is 0 Å². The van der Waals surface area contributed by atoms with Crippen molar-refractivity contribution in [1.82, 2.24) is 0 Å². The second-order valence-corrected chi connectivity index (χ2v) is 7.40. The Morgan fingerprint density at radius 2 is 2.18 bits per heavy atom. The third kappa shape index (κ3) is 2.63. The zero-order valence-electron chi connectivity index (χ0n) is 12.8. The predicted octanol–water partition coefficient (Wildman–Crippen LogP) is 3.87. The summed E-state index contributed by atoms with van der Waals surface area (Å²) in [6.07, 6.45) is 2.62. The number of carbonyl (C=O) groups is 1. The molecule has 1 heterocycles. The van der Waals surface area contributed by atoms with Gasteiger partial charge in [0.25, 0.3) is 0 Å². The monoisotopic (exact) mass is 326 g/mol. The van der Waals surface area contributed by atoms with Crippen LogP contribution in [-0.4, -0.2) is 25.3 Å². The summed E-state index contributed by atoms with van der Waals surface area (Å²) >= 11 is 5.82. The summed E-state index contributed by atoms with van der Waals surface area (Å²) in [7, 11) is 0. The number of hydrogen-bond donors (Lipinski definition) is 0. The maximum absolute atomic E-state index is 14.2. The van der Waals surface area contributed by atoms with Crippen LogP contribution >= 0.6 is 11.6 Å². The number of halogens is 2. The van der Waals surface area contributed by atoms with Gasteiger partial charge < -0.3 is 9.47 Å². The molecule has 5 heteroatoms. The Balaban J connectivity index is 1.72. The first-order chi connectivity index (χ1) is 10.3. The predicted molar refractivity (Wildman–Crippen MR) is 81.4 cm³/mol. The fourth-order valence-electron chi connectivity index (χ4n) is 3.30. The summed E-state index contributed by atoms with van der Waals surface area (Å²) in [6, 6.07) is 4.70. The second kappa shape index (κ2) is 5.50. The lowest BCUT2D eigenvalue weighted by Gasteiger charge is -2.38. The first kappa shape index (κ1) is 15.8. The summed E-state index contributed by atoms with van der Waals surface area (Å²) in [4.78, 5) is 12.5. The van der Waals surface area contributed by atoms with Gasteiger partial charge in [0.2, 0.25) is 0 Å². The lowest BCUT2D eigenvalue weighted by atomic mass is 9.83. The van der Waals surface area contributed by atoms with Crippen LogP contribution in [0.4, 0.5) is 4.39 Å². The molecule has 1 aliphatic heterocycles. The number of ether oxygens (including phenoxy) is 2. The normalized spacial score (nSPS) is 23.4. The van der Waals surface area contributed by atoms with E-state index in [0.717, 1.165) is 32.5 Å². The lowest BCUT2D eigenvalue weighted by Crippen LogP contribution is -2.41. The second-order valence-electron chi connectivity index (χ2n) is 6.99. The third-order valence-electron chi connectivity index (χ3n) is 4.88. The van der Waals surface area contributed by atoms with Crippen LogP contribution in [0.2, 0.25) is 5.02 Å². The molecule has 1 atom stereocenters. The molecule has 2 fully saturated rings. The van der Waals surface area contributed by atoms with E-state index in [1.165, 1.54) is 6.07 Å². The van der Waals surface area contributed by atoms with Crippen molar-refractivity contribution in [3.8, 4) is 0 Å². The van der Waals surface area contributed by atoms with E-state index in [0.29, 0.717) is 0 Å². The highest BCUT2D eigenvalue weighted by atomic mass is 35.5. The summed E-state index contributed by atoms with van der Waals surface area (Å²) < 4.78 is 25.1. The van der Waals surface area contributed by atoms with Crippen molar-refractivity contribution in [3.63, 3.8) is 0 Å². The van der Waals surface area contributed by atoms with Crippen LogP contribution in [-0.2, 0) is 19.7 Å². The average molecular weight is 327 g/mol. The van der Waals surface area contributed by atoms with Crippen molar-refractivity contribution < 1.29 is 18.7 Å². The molecule has 0 bridgehead atoms. The molecule has 1 aromatic rings. The van der Waals surface area contributed by atoms with Crippen LogP contribution in [0.5, 0.6) is 0 Å². The highest BCUT2D eigenvalue weighted by Gasteiger charge is 2.47. The van der Waals surface area contributed by atoms with Gasteiger partial charge in [-0.3, -0.25) is 4.79 Å². The van der Waals surface area contributed by atoms with Gasteiger partial charge in [-0.1, -0.05) is 23.7 Å². The van der Waals surface area contributed by atoms with E-state index in [9.17, 15) is 9.18 Å². The van der Waals surface area contributed by atoms with E-state index >= 15 is 0 Å². The van der Waals surface area contributed by atoms with E-state index in [4.69, 9.17) is 21.1 Å². The van der Waals surface area contributed by atoms with Crippen LogP contribution < -0.4 is 0 Å². The number of carbonyl (C=O) groups excluding carboxylic acids is 1. The molecule has 2 aliphatic rings. The Labute approximate surface area is 134 Å². The van der Waals surface area contributed by atoms with Gasteiger partial charge in [0.05, 0.1) is 23.7 Å². The average Bonchev–Trinajstić information content (AvgIpc) is 2.86. The Morgan fingerprint density at radius 3 is 2.77 bits per heavy atom. The molecule has 3 rings (SSSR count). The van der Waals surface area contributed by atoms with Gasteiger partial charge in [-0.05, 0) is 39.2 Å². The van der Waals surface area contributed by atoms with Crippen LogP contribution in [0.25, 0.3) is 0 Å². The van der Waals surface area contributed by atoms with Crippen molar-refractivity contribution in [3.05, 3.63) is 34.6 Å². The maximum Gasteiger partial charge on any atom is 0.316 e. The molecule has 22 heavy (non-hydrogen) atoms. The molecule has 1 aromatic carbocycles. The topological polar surface area (TPSA) is 35.5 Å². The van der Waals surface area contributed by atoms with Gasteiger partial charge in [0, 0.05) is 11.0 Å². The smallest absolute Gasteiger partial charge is 0.316 e. The maximum atomic E-state index is 14.2. The minimum atomic E-state index is -1.07. The van der Waals surface area contributed by atoms with E-state index in [1.807, 2.05) is 0 Å². The molecule has 1 unspecified atom stereocenters. The SMILES string of the molecule is CC(C)(C(=O)OC1CCC2(COC2)C1)c1cccc(Cl)c1F. The molecule has 1 saturated heterocycles. The highest BCUT2D eigenvalue weighted by molar-refractivity contribution is 6.30. The first-order valence-corrected chi connectivity index (χ1v) is 7.95. The van der Waals surface area contributed by atoms with Gasteiger partial charge in [0.15, 0.2) is 0 Å². The van der Waals surface area contributed by atoms with Crippen molar-refractivity contribution in [2.45, 2.75) is 44.6 Å². The van der Waals surface area contributed by atoms with Gasteiger partial charge in [0.1, 0.15) is 11.9 Å². The Bertz CT molecular complexity index is 596. The van der Waals surface area contributed by atoms with Crippen LogP contribution in [0.1, 0.15) is 38.7 Å². The van der Waals surface area contributed by atoms with Crippen LogP contribution in [0.3, 0.4) is 0 Å². The summed E-state index contributed by atoms with van der Waals surface area (Å²) in [5.74, 6) is -0.961. The van der Waals surface area contributed by atoms with Gasteiger partial charge >= 0.3 is 5.97 Å². The number of rotatable bonds is 3. The summed E-state index contributed by atoms with van der Waals surface area (Å²) in [6.45, 7) is 4.85. The van der Waals surface area contributed by atoms with Crippen molar-refractivity contribution in [2.24, 2.45) is 5.41 Å². The molecule has 3 nitrogen and oxygen atoms in total. The fraction of sp³-hybridized carbons (Fsp3) is 0.588. The van der Waals surface area contributed by atoms with Gasteiger partial charge in [-0.25, -0.2) is 4.39 Å². The minimum Gasteiger partial charge on any atom is -0.462 e. The Hall–Kier alpha value is -1.13. The number of esters is 1. The molecule has 1 spiro atoms. The number of benzene rings is 1. The molecule has 120 valence electrons. The van der Waals surface area contributed by atoms with Gasteiger partial charge in [-0.15, -0.1) is 0 Å². The zero-order chi connectivity index (χ0) is 16.0. The molecular weight excluding hydrogens is 307 g/mol. The largest absolute Gasteiger partial charge is 0.462 e.